The SMILES string of the molecule is Cc1cc(C)c(C(C)C)cc1C.Cc1ccc(C(C)C)c(C)c1.Cc1ccc(C(C)C)c(C)c1.Cc1ccc(C)c(C(C)C)c1.Cc1ccc(C)c(C(C)C)c1.Cc1ccccc1C(C)C.Cc1nc(C)c(C(C)C)s1.Cc1ncccc1C(C)C.Cc1ncccc1C(C)C.Cc1ncsc1C(C)C.Cc1nn(C)cc1C(C)C. The van der Waals surface area contributed by atoms with E-state index in [1.165, 1.54) is 143 Å². The minimum atomic E-state index is 0.591. The molecule has 11 rings (SSSR count). The second kappa shape index (κ2) is 53.4. The summed E-state index contributed by atoms with van der Waals surface area (Å²) in [5.74, 6) is 6.93. The Kier molecular flexibility index (Phi) is 48.8. The number of nitrogens with zero attached hydrogens (tertiary/aromatic N) is 6. The molecule has 0 atom stereocenters. The second-order valence-corrected chi connectivity index (χ2v) is 37.1. The quantitative estimate of drug-likeness (QED) is 0.129. The van der Waals surface area contributed by atoms with Gasteiger partial charge in [0.15, 0.2) is 0 Å². The molecule has 0 N–H and O–H groups in total. The van der Waals surface area contributed by atoms with Gasteiger partial charge in [-0.15, -0.1) is 22.7 Å². The standard InChI is InChI=1S/C12H18.4C11H16.C10H14.2C9H13N.C8H14N2.C8H13NS.C7H11NS/c1-8(2)12-7-10(4)9(3)6-11(12)5;2*1-8(2)11-6-5-9(3)7-10(11)4;2*1-8(2)11-7-9(3)5-6-10(11)4;1-8(2)10-7-5-4-6-9(10)3;2*1-7(2)9-5-4-6-10-8(9)3;1-6(2)8-5-10(4)9-7(8)3;1-5(2)8-6(3)9-7(4)10-8;1-5(2)7-6(3)8-4-9-7/h6-8H,1-5H3;4*5-8H,1-4H3;4-8H,1-3H3;2*4-7H,1-3H3;5-6H,1-4H3;5H,1-4H3;4-5H,1-3H3. The third-order valence-electron chi connectivity index (χ3n) is 20.3. The predicted molar refractivity (Wildman–Crippen MR) is 515 cm³/mol. The highest BCUT2D eigenvalue weighted by molar-refractivity contribution is 7.11. The molecule has 0 aliphatic carbocycles. The number of hydrogen-bond donors (Lipinski definition) is 0. The molecule has 0 saturated carbocycles. The van der Waals surface area contributed by atoms with Gasteiger partial charge in [-0.1, -0.05) is 296 Å². The van der Waals surface area contributed by atoms with Crippen molar-refractivity contribution in [1.82, 2.24) is 29.7 Å². The van der Waals surface area contributed by atoms with Crippen molar-refractivity contribution in [2.75, 3.05) is 0 Å². The number of benzene rings is 6. The number of thiazole rings is 2. The first-order chi connectivity index (χ1) is 53.5. The molecule has 115 heavy (non-hydrogen) atoms. The molecule has 0 aliphatic heterocycles. The number of pyridine rings is 2. The fourth-order valence-electron chi connectivity index (χ4n) is 13.9. The largest absolute Gasteiger partial charge is 0.275 e. The first kappa shape index (κ1) is 105. The Morgan fingerprint density at radius 2 is 0.583 bits per heavy atom. The molecule has 630 valence electrons. The Balaban J connectivity index is 0.000000633. The minimum Gasteiger partial charge on any atom is -0.275 e. The second-order valence-electron chi connectivity index (χ2n) is 35.0. The van der Waals surface area contributed by atoms with Crippen LogP contribution in [-0.2, 0) is 7.05 Å². The molecular weight excluding hydrogens is 1430 g/mol. The molecule has 6 aromatic carbocycles. The van der Waals surface area contributed by atoms with Gasteiger partial charge in [-0.3, -0.25) is 14.6 Å². The maximum Gasteiger partial charge on any atom is 0.0900 e. The lowest BCUT2D eigenvalue weighted by Gasteiger charge is -2.12. The normalized spacial score (nSPS) is 10.6. The van der Waals surface area contributed by atoms with Gasteiger partial charge in [-0.25, -0.2) is 9.97 Å². The predicted octanol–water partition coefficient (Wildman–Crippen LogP) is 32.9. The van der Waals surface area contributed by atoms with E-state index < -0.39 is 0 Å². The maximum absolute atomic E-state index is 4.35. The average molecular weight is 1590 g/mol. The lowest BCUT2D eigenvalue weighted by atomic mass is 9.94. The van der Waals surface area contributed by atoms with Crippen molar-refractivity contribution >= 4 is 22.7 Å². The topological polar surface area (TPSA) is 69.4 Å². The average Bonchev–Trinajstić information content (AvgIpc) is 1.61. The van der Waals surface area contributed by atoms with Crippen LogP contribution in [0.15, 0.2) is 158 Å². The summed E-state index contributed by atoms with van der Waals surface area (Å²) in [5.41, 5.74) is 37.3. The number of hydrogen-bond acceptors (Lipinski definition) is 7. The summed E-state index contributed by atoms with van der Waals surface area (Å²) in [5, 5.41) is 5.43. The Morgan fingerprint density at radius 3 is 0.843 bits per heavy atom. The molecule has 5 aromatic heterocycles. The highest BCUT2D eigenvalue weighted by Crippen LogP contribution is 2.29. The van der Waals surface area contributed by atoms with Gasteiger partial charge in [-0.05, 0) is 296 Å². The number of rotatable bonds is 11. The van der Waals surface area contributed by atoms with Crippen LogP contribution in [0.2, 0.25) is 0 Å². The molecule has 5 heterocycles. The molecule has 0 spiro atoms. The summed E-state index contributed by atoms with van der Waals surface area (Å²) in [6.07, 6.45) is 5.75. The summed E-state index contributed by atoms with van der Waals surface area (Å²) in [7, 11) is 1.96. The Labute approximate surface area is 714 Å². The highest BCUT2D eigenvalue weighted by atomic mass is 32.1. The molecule has 0 bridgehead atoms. The maximum atomic E-state index is 4.35. The minimum absolute atomic E-state index is 0.591. The summed E-state index contributed by atoms with van der Waals surface area (Å²) in [4.78, 5) is 19.7. The number of aryl methyl sites for hydroxylation is 19. The lowest BCUT2D eigenvalue weighted by Crippen LogP contribution is -1.94. The van der Waals surface area contributed by atoms with Gasteiger partial charge >= 0.3 is 0 Å². The van der Waals surface area contributed by atoms with E-state index in [1.54, 1.807) is 11.3 Å². The van der Waals surface area contributed by atoms with Crippen LogP contribution in [0, 0.1) is 125 Å². The van der Waals surface area contributed by atoms with E-state index in [0.29, 0.717) is 65.1 Å². The van der Waals surface area contributed by atoms with Crippen molar-refractivity contribution in [3.63, 3.8) is 0 Å². The van der Waals surface area contributed by atoms with E-state index in [-0.39, 0.29) is 0 Å². The van der Waals surface area contributed by atoms with Gasteiger partial charge in [-0.2, -0.15) is 5.10 Å². The zero-order valence-electron chi connectivity index (χ0n) is 80.4. The molecule has 0 unspecified atom stereocenters. The fraction of sp³-hybridized carbons (Fsp3) is 0.486. The van der Waals surface area contributed by atoms with Crippen LogP contribution < -0.4 is 0 Å². The molecule has 0 saturated heterocycles. The zero-order chi connectivity index (χ0) is 88.0. The highest BCUT2D eigenvalue weighted by Gasteiger charge is 2.12. The smallest absolute Gasteiger partial charge is 0.0900 e. The van der Waals surface area contributed by atoms with Crippen LogP contribution in [0.5, 0.6) is 0 Å². The van der Waals surface area contributed by atoms with Crippen LogP contribution >= 0.6 is 22.7 Å². The Morgan fingerprint density at radius 1 is 0.252 bits per heavy atom. The third kappa shape index (κ3) is 39.3. The Hall–Kier alpha value is -7.91. The van der Waals surface area contributed by atoms with Gasteiger partial charge < -0.3 is 0 Å². The zero-order valence-corrected chi connectivity index (χ0v) is 82.0. The van der Waals surface area contributed by atoms with Crippen molar-refractivity contribution in [2.45, 2.75) is 342 Å². The molecule has 11 aromatic rings. The van der Waals surface area contributed by atoms with Gasteiger partial charge in [0.25, 0.3) is 0 Å². The molecular formula is C107H160N6S2. The lowest BCUT2D eigenvalue weighted by molar-refractivity contribution is 0.756. The first-order valence-corrected chi connectivity index (χ1v) is 44.3. The third-order valence-corrected chi connectivity index (χ3v) is 22.9. The van der Waals surface area contributed by atoms with Crippen LogP contribution in [-0.4, -0.2) is 29.7 Å². The molecule has 0 fully saturated rings. The van der Waals surface area contributed by atoms with E-state index in [0.717, 1.165) is 17.1 Å². The van der Waals surface area contributed by atoms with Crippen molar-refractivity contribution in [3.05, 3.63) is 318 Å². The van der Waals surface area contributed by atoms with Crippen molar-refractivity contribution < 1.29 is 0 Å². The van der Waals surface area contributed by atoms with E-state index in [1.807, 2.05) is 53.1 Å². The van der Waals surface area contributed by atoms with Crippen molar-refractivity contribution in [2.24, 2.45) is 7.05 Å². The molecule has 0 radical (unpaired) electrons. The summed E-state index contributed by atoms with van der Waals surface area (Å²) < 4.78 is 1.87. The van der Waals surface area contributed by atoms with Crippen LogP contribution in [0.1, 0.15) is 377 Å². The molecule has 8 heteroatoms. The van der Waals surface area contributed by atoms with Crippen LogP contribution in [0.4, 0.5) is 0 Å². The Bertz CT molecular complexity index is 4280. The van der Waals surface area contributed by atoms with Gasteiger partial charge in [0, 0.05) is 46.8 Å². The monoisotopic (exact) mass is 1590 g/mol. The van der Waals surface area contributed by atoms with Crippen LogP contribution in [0.25, 0.3) is 0 Å². The van der Waals surface area contributed by atoms with E-state index in [9.17, 15) is 0 Å². The molecule has 0 amide bonds. The van der Waals surface area contributed by atoms with E-state index >= 15 is 0 Å². The summed E-state index contributed by atoms with van der Waals surface area (Å²) in [6, 6.07) is 48.0. The van der Waals surface area contributed by atoms with E-state index in [4.69, 9.17) is 0 Å². The van der Waals surface area contributed by atoms with Gasteiger partial charge in [0.05, 0.1) is 27.6 Å². The summed E-state index contributed by atoms with van der Waals surface area (Å²) in [6.45, 7) is 87.1. The van der Waals surface area contributed by atoms with Gasteiger partial charge in [0.2, 0.25) is 0 Å². The van der Waals surface area contributed by atoms with E-state index in [2.05, 4.69) is 430 Å². The first-order valence-electron chi connectivity index (χ1n) is 42.6. The molecule has 0 aliphatic rings. The van der Waals surface area contributed by atoms with Gasteiger partial charge in [0.1, 0.15) is 0 Å². The number of aromatic nitrogens is 6. The fourth-order valence-corrected chi connectivity index (χ4v) is 15.6. The van der Waals surface area contributed by atoms with Crippen molar-refractivity contribution in [3.8, 4) is 0 Å². The van der Waals surface area contributed by atoms with Crippen LogP contribution in [0.3, 0.4) is 0 Å². The molecule has 6 nitrogen and oxygen atoms in total. The summed E-state index contributed by atoms with van der Waals surface area (Å²) >= 11 is 3.56. The van der Waals surface area contributed by atoms with Crippen molar-refractivity contribution in [1.29, 1.82) is 0 Å².